The molecule has 0 aliphatic heterocycles. The highest BCUT2D eigenvalue weighted by Crippen LogP contribution is 2.37. The highest BCUT2D eigenvalue weighted by Gasteiger charge is 2.16. The van der Waals surface area contributed by atoms with E-state index in [0.29, 0.717) is 17.2 Å². The smallest absolute Gasteiger partial charge is 0.164 e. The van der Waals surface area contributed by atoms with E-state index in [2.05, 4.69) is 12.0 Å². The third kappa shape index (κ3) is 2.69. The fourth-order valence-corrected chi connectivity index (χ4v) is 1.58. The van der Waals surface area contributed by atoms with Crippen molar-refractivity contribution >= 4 is 0 Å². The van der Waals surface area contributed by atoms with E-state index in [1.165, 1.54) is 0 Å². The summed E-state index contributed by atoms with van der Waals surface area (Å²) in [5, 5.41) is 0. The van der Waals surface area contributed by atoms with Crippen LogP contribution in [0.5, 0.6) is 17.2 Å². The van der Waals surface area contributed by atoms with Gasteiger partial charge in [-0.15, -0.1) is 6.58 Å². The number of hydrazine groups is 1. The minimum absolute atomic E-state index is 0.218. The largest absolute Gasteiger partial charge is 0.496 e. The molecule has 1 unspecified atom stereocenters. The van der Waals surface area contributed by atoms with Crippen molar-refractivity contribution in [2.75, 3.05) is 21.3 Å². The van der Waals surface area contributed by atoms with Crippen LogP contribution in [0.2, 0.25) is 0 Å². The second-order valence-corrected chi connectivity index (χ2v) is 3.33. The molecular weight excluding hydrogens is 220 g/mol. The summed E-state index contributed by atoms with van der Waals surface area (Å²) >= 11 is 0. The first kappa shape index (κ1) is 13.3. The Balaban J connectivity index is 3.32. The zero-order valence-corrected chi connectivity index (χ0v) is 10.3. The van der Waals surface area contributed by atoms with Gasteiger partial charge in [-0.2, -0.15) is 0 Å². The number of rotatable bonds is 6. The van der Waals surface area contributed by atoms with E-state index >= 15 is 0 Å². The monoisotopic (exact) mass is 238 g/mol. The second-order valence-electron chi connectivity index (χ2n) is 3.33. The molecule has 5 heteroatoms. The maximum atomic E-state index is 5.45. The molecule has 1 rings (SSSR count). The zero-order valence-electron chi connectivity index (χ0n) is 10.3. The van der Waals surface area contributed by atoms with Crippen LogP contribution < -0.4 is 25.5 Å². The lowest BCUT2D eigenvalue weighted by Gasteiger charge is -2.18. The fraction of sp³-hybridized carbons (Fsp3) is 0.333. The second kappa shape index (κ2) is 6.12. The first-order valence-electron chi connectivity index (χ1n) is 5.10. The Morgan fingerprint density at radius 2 is 1.65 bits per heavy atom. The van der Waals surface area contributed by atoms with Crippen LogP contribution >= 0.6 is 0 Å². The minimum Gasteiger partial charge on any atom is -0.496 e. The van der Waals surface area contributed by atoms with E-state index in [-0.39, 0.29) is 6.04 Å². The Hall–Kier alpha value is -1.72. The summed E-state index contributed by atoms with van der Waals surface area (Å²) < 4.78 is 15.7. The number of nitrogens with two attached hydrogens (primary N) is 1. The van der Waals surface area contributed by atoms with Gasteiger partial charge in [0, 0.05) is 11.6 Å². The summed E-state index contributed by atoms with van der Waals surface area (Å²) in [5.74, 6) is 7.33. The first-order chi connectivity index (χ1) is 8.21. The molecule has 0 bridgehead atoms. The third-order valence-corrected chi connectivity index (χ3v) is 2.49. The van der Waals surface area contributed by atoms with E-state index < -0.39 is 0 Å². The Morgan fingerprint density at radius 3 is 2.06 bits per heavy atom. The topological polar surface area (TPSA) is 65.7 Å². The van der Waals surface area contributed by atoms with Crippen LogP contribution in [0.25, 0.3) is 0 Å². The standard InChI is InChI=1S/C12H18N2O3/c1-5-9(14-13)8-6-11(16-3)12(17-4)7-10(8)15-2/h5-7,9,14H,1,13H2,2-4H3. The predicted molar refractivity (Wildman–Crippen MR) is 66.4 cm³/mol. The highest BCUT2D eigenvalue weighted by molar-refractivity contribution is 5.52. The van der Waals surface area contributed by atoms with E-state index in [1.54, 1.807) is 33.5 Å². The molecule has 0 saturated carbocycles. The molecule has 0 aliphatic rings. The number of hydrogen-bond donors (Lipinski definition) is 2. The maximum Gasteiger partial charge on any atom is 0.164 e. The Bertz CT molecular complexity index is 394. The van der Waals surface area contributed by atoms with Crippen LogP contribution in [0.15, 0.2) is 24.8 Å². The number of hydrogen-bond acceptors (Lipinski definition) is 5. The highest BCUT2D eigenvalue weighted by atomic mass is 16.5. The van der Waals surface area contributed by atoms with Crippen LogP contribution in [-0.4, -0.2) is 21.3 Å². The van der Waals surface area contributed by atoms with Gasteiger partial charge in [0.1, 0.15) is 5.75 Å². The molecule has 0 fully saturated rings. The van der Waals surface area contributed by atoms with Crippen LogP contribution in [0, 0.1) is 0 Å². The molecule has 0 amide bonds. The first-order valence-corrected chi connectivity index (χ1v) is 5.10. The van der Waals surface area contributed by atoms with Crippen LogP contribution in [0.1, 0.15) is 11.6 Å². The molecule has 3 N–H and O–H groups in total. The lowest BCUT2D eigenvalue weighted by molar-refractivity contribution is 0.346. The van der Waals surface area contributed by atoms with Gasteiger partial charge < -0.3 is 14.2 Å². The van der Waals surface area contributed by atoms with Gasteiger partial charge in [0.15, 0.2) is 11.5 Å². The van der Waals surface area contributed by atoms with Gasteiger partial charge >= 0.3 is 0 Å². The summed E-state index contributed by atoms with van der Waals surface area (Å²) in [6.07, 6.45) is 1.68. The van der Waals surface area contributed by atoms with E-state index in [0.717, 1.165) is 5.56 Å². The predicted octanol–water partition coefficient (Wildman–Crippen LogP) is 1.40. The molecule has 5 nitrogen and oxygen atoms in total. The molecule has 1 atom stereocenters. The maximum absolute atomic E-state index is 5.45. The van der Waals surface area contributed by atoms with Crippen LogP contribution in [0.3, 0.4) is 0 Å². The summed E-state index contributed by atoms with van der Waals surface area (Å²) in [7, 11) is 4.73. The van der Waals surface area contributed by atoms with Gasteiger partial charge in [-0.1, -0.05) is 6.08 Å². The molecule has 1 aromatic rings. The Kier molecular flexibility index (Phi) is 4.81. The lowest BCUT2D eigenvalue weighted by Crippen LogP contribution is -2.26. The van der Waals surface area contributed by atoms with Crippen molar-refractivity contribution < 1.29 is 14.2 Å². The minimum atomic E-state index is -0.218. The summed E-state index contributed by atoms with van der Waals surface area (Å²) in [4.78, 5) is 0. The van der Waals surface area contributed by atoms with Crippen LogP contribution in [0.4, 0.5) is 0 Å². The Morgan fingerprint density at radius 1 is 1.12 bits per heavy atom. The SMILES string of the molecule is C=CC(NN)c1cc(OC)c(OC)cc1OC. The number of methoxy groups -OCH3 is 3. The molecule has 0 aliphatic carbocycles. The van der Waals surface area contributed by atoms with E-state index in [9.17, 15) is 0 Å². The Labute approximate surface area is 101 Å². The molecule has 1 aromatic carbocycles. The third-order valence-electron chi connectivity index (χ3n) is 2.49. The zero-order chi connectivity index (χ0) is 12.8. The van der Waals surface area contributed by atoms with Crippen LogP contribution in [-0.2, 0) is 0 Å². The van der Waals surface area contributed by atoms with E-state index in [4.69, 9.17) is 20.1 Å². The molecule has 94 valence electrons. The van der Waals surface area contributed by atoms with Gasteiger partial charge in [0.2, 0.25) is 0 Å². The van der Waals surface area contributed by atoms with Gasteiger partial charge in [-0.05, 0) is 6.07 Å². The molecule has 0 spiro atoms. The van der Waals surface area contributed by atoms with Crippen molar-refractivity contribution in [2.45, 2.75) is 6.04 Å². The average molecular weight is 238 g/mol. The molecule has 17 heavy (non-hydrogen) atoms. The fourth-order valence-electron chi connectivity index (χ4n) is 1.58. The number of ether oxygens (including phenoxy) is 3. The van der Waals surface area contributed by atoms with Crippen molar-refractivity contribution in [2.24, 2.45) is 5.84 Å². The van der Waals surface area contributed by atoms with E-state index in [1.807, 2.05) is 6.07 Å². The summed E-state index contributed by atoms with van der Waals surface area (Å²) in [5.41, 5.74) is 3.47. The summed E-state index contributed by atoms with van der Waals surface area (Å²) in [6.45, 7) is 3.71. The average Bonchev–Trinajstić information content (AvgIpc) is 2.39. The molecule has 0 aromatic heterocycles. The number of nitrogens with one attached hydrogen (secondary N) is 1. The normalized spacial score (nSPS) is 11.8. The molecule has 0 heterocycles. The lowest BCUT2D eigenvalue weighted by atomic mass is 10.1. The van der Waals surface area contributed by atoms with Crippen molar-refractivity contribution in [1.82, 2.24) is 5.43 Å². The van der Waals surface area contributed by atoms with Gasteiger partial charge in [0.05, 0.1) is 27.4 Å². The molecule has 0 saturated heterocycles. The summed E-state index contributed by atoms with van der Waals surface area (Å²) in [6, 6.07) is 3.34. The van der Waals surface area contributed by atoms with Crippen molar-refractivity contribution in [3.8, 4) is 17.2 Å². The van der Waals surface area contributed by atoms with Gasteiger partial charge in [-0.25, -0.2) is 5.43 Å². The number of benzene rings is 1. The van der Waals surface area contributed by atoms with Crippen molar-refractivity contribution in [3.63, 3.8) is 0 Å². The van der Waals surface area contributed by atoms with Gasteiger partial charge in [0.25, 0.3) is 0 Å². The van der Waals surface area contributed by atoms with Crippen molar-refractivity contribution in [3.05, 3.63) is 30.4 Å². The molecular formula is C12H18N2O3. The van der Waals surface area contributed by atoms with Gasteiger partial charge in [-0.3, -0.25) is 5.84 Å². The van der Waals surface area contributed by atoms with Crippen molar-refractivity contribution in [1.29, 1.82) is 0 Å². The molecule has 0 radical (unpaired) electrons. The quantitative estimate of drug-likeness (QED) is 0.445.